The number of carbonyl (C=O) groups excluding carboxylic acids is 1. The molecule has 1 amide bonds. The maximum atomic E-state index is 12.0. The number of fused-ring (bicyclic) bond motifs is 1. The standard InChI is InChI=1S/C13H24N2O3S/c1-3-19(17,18)14-9-7-13-12(10-14)6-4-5-8-15(13)11(2)16/h12-13H,3-10H2,1-2H3/t12-,13+/m0/s1. The summed E-state index contributed by atoms with van der Waals surface area (Å²) in [5.74, 6) is 0.603. The van der Waals surface area contributed by atoms with Gasteiger partial charge in [-0.1, -0.05) is 6.42 Å². The van der Waals surface area contributed by atoms with Crippen LogP contribution in [-0.4, -0.2) is 55.0 Å². The van der Waals surface area contributed by atoms with Crippen molar-refractivity contribution in [3.8, 4) is 0 Å². The van der Waals surface area contributed by atoms with Gasteiger partial charge in [-0.25, -0.2) is 12.7 Å². The van der Waals surface area contributed by atoms with Crippen molar-refractivity contribution >= 4 is 15.9 Å². The van der Waals surface area contributed by atoms with Crippen molar-refractivity contribution in [2.24, 2.45) is 5.92 Å². The van der Waals surface area contributed by atoms with Crippen LogP contribution in [0, 0.1) is 5.92 Å². The van der Waals surface area contributed by atoms with Crippen LogP contribution in [0.2, 0.25) is 0 Å². The molecule has 5 nitrogen and oxygen atoms in total. The van der Waals surface area contributed by atoms with Crippen molar-refractivity contribution in [3.05, 3.63) is 0 Å². The van der Waals surface area contributed by atoms with E-state index in [4.69, 9.17) is 0 Å². The molecule has 2 saturated heterocycles. The van der Waals surface area contributed by atoms with Crippen molar-refractivity contribution in [1.29, 1.82) is 0 Å². The molecule has 110 valence electrons. The van der Waals surface area contributed by atoms with Gasteiger partial charge in [0.2, 0.25) is 15.9 Å². The lowest BCUT2D eigenvalue weighted by Crippen LogP contribution is -2.53. The van der Waals surface area contributed by atoms with Crippen LogP contribution in [0.5, 0.6) is 0 Å². The SMILES string of the molecule is CCS(=O)(=O)N1CC[C@@H]2[C@@H](CCCCN2C(C)=O)C1. The smallest absolute Gasteiger partial charge is 0.219 e. The highest BCUT2D eigenvalue weighted by Crippen LogP contribution is 2.31. The number of likely N-dealkylation sites (tertiary alicyclic amines) is 1. The molecule has 2 fully saturated rings. The highest BCUT2D eigenvalue weighted by molar-refractivity contribution is 7.89. The Morgan fingerprint density at radius 2 is 1.95 bits per heavy atom. The lowest BCUT2D eigenvalue weighted by atomic mass is 9.89. The van der Waals surface area contributed by atoms with Crippen molar-refractivity contribution in [2.75, 3.05) is 25.4 Å². The summed E-state index contributed by atoms with van der Waals surface area (Å²) < 4.78 is 25.6. The molecule has 6 heteroatoms. The van der Waals surface area contributed by atoms with Gasteiger partial charge < -0.3 is 4.90 Å². The van der Waals surface area contributed by atoms with Gasteiger partial charge in [0, 0.05) is 32.6 Å². The zero-order valence-electron chi connectivity index (χ0n) is 11.8. The predicted octanol–water partition coefficient (Wildman–Crippen LogP) is 1.06. The second kappa shape index (κ2) is 5.79. The van der Waals surface area contributed by atoms with Crippen LogP contribution in [0.1, 0.15) is 39.5 Å². The van der Waals surface area contributed by atoms with Gasteiger partial charge in [-0.15, -0.1) is 0 Å². The molecule has 2 rings (SSSR count). The number of hydrogen-bond donors (Lipinski definition) is 0. The summed E-state index contributed by atoms with van der Waals surface area (Å²) in [5, 5.41) is 0. The van der Waals surface area contributed by atoms with E-state index in [-0.39, 0.29) is 17.7 Å². The van der Waals surface area contributed by atoms with E-state index in [2.05, 4.69) is 0 Å². The highest BCUT2D eigenvalue weighted by atomic mass is 32.2. The van der Waals surface area contributed by atoms with Gasteiger partial charge in [0.25, 0.3) is 0 Å². The molecule has 0 N–H and O–H groups in total. The number of sulfonamides is 1. The molecule has 2 aliphatic rings. The number of piperidine rings is 1. The van der Waals surface area contributed by atoms with Gasteiger partial charge in [-0.05, 0) is 32.1 Å². The van der Waals surface area contributed by atoms with E-state index in [0.29, 0.717) is 19.0 Å². The third kappa shape index (κ3) is 3.11. The summed E-state index contributed by atoms with van der Waals surface area (Å²) in [6.45, 7) is 5.29. The van der Waals surface area contributed by atoms with Gasteiger partial charge in [0.15, 0.2) is 0 Å². The van der Waals surface area contributed by atoms with Crippen LogP contribution >= 0.6 is 0 Å². The molecule has 0 spiro atoms. The number of amides is 1. The van der Waals surface area contributed by atoms with E-state index >= 15 is 0 Å². The zero-order valence-corrected chi connectivity index (χ0v) is 12.7. The Morgan fingerprint density at radius 3 is 2.58 bits per heavy atom. The second-order valence-corrected chi connectivity index (χ2v) is 7.84. The van der Waals surface area contributed by atoms with Gasteiger partial charge in [0.05, 0.1) is 5.75 Å². The number of hydrogen-bond acceptors (Lipinski definition) is 3. The minimum Gasteiger partial charge on any atom is -0.340 e. The molecule has 0 unspecified atom stereocenters. The molecule has 0 bridgehead atoms. The Hall–Kier alpha value is -0.620. The third-order valence-corrected chi connectivity index (χ3v) is 6.29. The molecular weight excluding hydrogens is 264 g/mol. The van der Waals surface area contributed by atoms with Gasteiger partial charge >= 0.3 is 0 Å². The minimum atomic E-state index is -3.09. The van der Waals surface area contributed by atoms with Crippen molar-refractivity contribution in [1.82, 2.24) is 9.21 Å². The Kier molecular flexibility index (Phi) is 4.50. The van der Waals surface area contributed by atoms with Crippen LogP contribution in [-0.2, 0) is 14.8 Å². The summed E-state index contributed by atoms with van der Waals surface area (Å²) in [4.78, 5) is 13.7. The second-order valence-electron chi connectivity index (χ2n) is 5.58. The number of carbonyl (C=O) groups is 1. The minimum absolute atomic E-state index is 0.128. The molecule has 0 aromatic heterocycles. The Balaban J connectivity index is 2.14. The molecule has 19 heavy (non-hydrogen) atoms. The fourth-order valence-corrected chi connectivity index (χ4v) is 4.53. The number of rotatable bonds is 2. The number of nitrogens with zero attached hydrogens (tertiary/aromatic N) is 2. The van der Waals surface area contributed by atoms with Crippen molar-refractivity contribution < 1.29 is 13.2 Å². The highest BCUT2D eigenvalue weighted by Gasteiger charge is 2.38. The predicted molar refractivity (Wildman–Crippen MR) is 74.2 cm³/mol. The Bertz CT molecular complexity index is 435. The summed E-state index contributed by atoms with van der Waals surface area (Å²) in [6.07, 6.45) is 3.94. The van der Waals surface area contributed by atoms with Crippen LogP contribution in [0.4, 0.5) is 0 Å². The lowest BCUT2D eigenvalue weighted by Gasteiger charge is -2.41. The average Bonchev–Trinajstić information content (AvgIpc) is 2.59. The molecular formula is C13H24N2O3S. The molecule has 0 aromatic rings. The maximum absolute atomic E-state index is 12.0. The molecule has 0 aliphatic carbocycles. The van der Waals surface area contributed by atoms with E-state index in [9.17, 15) is 13.2 Å². The first-order valence-corrected chi connectivity index (χ1v) is 8.81. The van der Waals surface area contributed by atoms with Crippen molar-refractivity contribution in [3.63, 3.8) is 0 Å². The van der Waals surface area contributed by atoms with Gasteiger partial charge in [-0.2, -0.15) is 0 Å². The van der Waals surface area contributed by atoms with Crippen LogP contribution < -0.4 is 0 Å². The molecule has 2 heterocycles. The lowest BCUT2D eigenvalue weighted by molar-refractivity contribution is -0.132. The monoisotopic (exact) mass is 288 g/mol. The third-order valence-electron chi connectivity index (χ3n) is 4.44. The summed E-state index contributed by atoms with van der Waals surface area (Å²) in [5.41, 5.74) is 0. The first-order chi connectivity index (χ1) is 8.95. The molecule has 0 aromatic carbocycles. The Morgan fingerprint density at radius 1 is 1.21 bits per heavy atom. The molecule has 2 atom stereocenters. The van der Waals surface area contributed by atoms with E-state index in [0.717, 1.165) is 32.2 Å². The topological polar surface area (TPSA) is 57.7 Å². The normalized spacial score (nSPS) is 29.7. The fourth-order valence-electron chi connectivity index (χ4n) is 3.36. The van der Waals surface area contributed by atoms with E-state index in [1.807, 2.05) is 4.90 Å². The largest absolute Gasteiger partial charge is 0.340 e. The quantitative estimate of drug-likeness (QED) is 0.763. The first-order valence-electron chi connectivity index (χ1n) is 7.20. The maximum Gasteiger partial charge on any atom is 0.219 e. The van der Waals surface area contributed by atoms with E-state index < -0.39 is 10.0 Å². The summed E-state index contributed by atoms with van der Waals surface area (Å²) in [6, 6.07) is 0.239. The molecule has 0 radical (unpaired) electrons. The Labute approximate surface area is 116 Å². The molecule has 0 saturated carbocycles. The van der Waals surface area contributed by atoms with Crippen LogP contribution in [0.25, 0.3) is 0 Å². The van der Waals surface area contributed by atoms with Crippen LogP contribution in [0.15, 0.2) is 0 Å². The van der Waals surface area contributed by atoms with E-state index in [1.165, 1.54) is 0 Å². The first kappa shape index (κ1) is 14.8. The van der Waals surface area contributed by atoms with Gasteiger partial charge in [0.1, 0.15) is 0 Å². The molecule has 2 aliphatic heterocycles. The fraction of sp³-hybridized carbons (Fsp3) is 0.923. The summed E-state index contributed by atoms with van der Waals surface area (Å²) >= 11 is 0. The average molecular weight is 288 g/mol. The summed E-state index contributed by atoms with van der Waals surface area (Å²) in [7, 11) is -3.09. The van der Waals surface area contributed by atoms with Gasteiger partial charge in [-0.3, -0.25) is 4.79 Å². The zero-order chi connectivity index (χ0) is 14.0. The van der Waals surface area contributed by atoms with Crippen molar-refractivity contribution in [2.45, 2.75) is 45.6 Å². The van der Waals surface area contributed by atoms with Crippen LogP contribution in [0.3, 0.4) is 0 Å². The van der Waals surface area contributed by atoms with E-state index in [1.54, 1.807) is 18.2 Å².